The minimum absolute atomic E-state index is 0.167. The second-order valence-electron chi connectivity index (χ2n) is 5.50. The van der Waals surface area contributed by atoms with E-state index < -0.39 is 10.0 Å². The summed E-state index contributed by atoms with van der Waals surface area (Å²) in [5.74, 6) is -0.167. The number of carbonyl (C=O) groups excluding carboxylic acids is 1. The highest BCUT2D eigenvalue weighted by atomic mass is 35.5. The summed E-state index contributed by atoms with van der Waals surface area (Å²) in [7, 11) is -3.20. The number of thiazole rings is 1. The fourth-order valence-corrected chi connectivity index (χ4v) is 4.23. The van der Waals surface area contributed by atoms with Crippen LogP contribution < -0.4 is 0 Å². The van der Waals surface area contributed by atoms with Crippen LogP contribution in [0.25, 0.3) is 10.6 Å². The topological polar surface area (TPSA) is 70.6 Å². The Labute approximate surface area is 149 Å². The quantitative estimate of drug-likeness (QED) is 0.811. The van der Waals surface area contributed by atoms with Gasteiger partial charge in [0.15, 0.2) is 0 Å². The van der Waals surface area contributed by atoms with Crippen molar-refractivity contribution >= 4 is 38.9 Å². The predicted molar refractivity (Wildman–Crippen MR) is 94.9 cm³/mol. The third kappa shape index (κ3) is 3.77. The molecule has 0 N–H and O–H groups in total. The average molecular weight is 386 g/mol. The minimum atomic E-state index is -3.20. The third-order valence-corrected chi connectivity index (χ3v) is 6.26. The SMILES string of the molecule is CS(=O)(=O)N1CCN(C(=O)c2csc(-c3ccc(Cl)cc3)n2)CC1. The molecule has 128 valence electrons. The fraction of sp³-hybridized carbons (Fsp3) is 0.333. The molecular formula is C15H16ClN3O3S2. The Morgan fingerprint density at radius 3 is 2.38 bits per heavy atom. The second kappa shape index (κ2) is 6.79. The summed E-state index contributed by atoms with van der Waals surface area (Å²) in [5, 5.41) is 3.13. The Hall–Kier alpha value is -1.48. The number of nitrogens with zero attached hydrogens (tertiary/aromatic N) is 3. The molecule has 0 saturated carbocycles. The van der Waals surface area contributed by atoms with E-state index >= 15 is 0 Å². The molecule has 9 heteroatoms. The van der Waals surface area contributed by atoms with Gasteiger partial charge in [0.2, 0.25) is 10.0 Å². The normalized spacial score (nSPS) is 16.3. The zero-order valence-electron chi connectivity index (χ0n) is 13.0. The Balaban J connectivity index is 1.70. The zero-order chi connectivity index (χ0) is 17.3. The lowest BCUT2D eigenvalue weighted by Crippen LogP contribution is -2.50. The summed E-state index contributed by atoms with van der Waals surface area (Å²) < 4.78 is 24.4. The summed E-state index contributed by atoms with van der Waals surface area (Å²) in [6.45, 7) is 1.39. The number of halogens is 1. The molecule has 24 heavy (non-hydrogen) atoms. The van der Waals surface area contributed by atoms with E-state index in [1.165, 1.54) is 21.9 Å². The first kappa shape index (κ1) is 17.3. The van der Waals surface area contributed by atoms with Crippen LogP contribution in [0.15, 0.2) is 29.6 Å². The Morgan fingerprint density at radius 2 is 1.79 bits per heavy atom. The molecule has 1 aliphatic rings. The number of rotatable bonds is 3. The molecule has 1 aromatic carbocycles. The molecule has 0 spiro atoms. The van der Waals surface area contributed by atoms with Crippen molar-refractivity contribution in [2.45, 2.75) is 0 Å². The number of piperazine rings is 1. The summed E-state index contributed by atoms with van der Waals surface area (Å²) in [6, 6.07) is 7.29. The molecule has 0 atom stereocenters. The first-order valence-corrected chi connectivity index (χ1v) is 10.4. The van der Waals surface area contributed by atoms with Gasteiger partial charge < -0.3 is 4.90 Å². The molecule has 1 aliphatic heterocycles. The van der Waals surface area contributed by atoms with Gasteiger partial charge in [0.25, 0.3) is 5.91 Å². The van der Waals surface area contributed by atoms with Gasteiger partial charge in [-0.2, -0.15) is 4.31 Å². The molecule has 2 aromatic rings. The average Bonchev–Trinajstić information content (AvgIpc) is 3.04. The van der Waals surface area contributed by atoms with Crippen LogP contribution in [0.4, 0.5) is 0 Å². The molecule has 0 radical (unpaired) electrons. The minimum Gasteiger partial charge on any atom is -0.335 e. The molecule has 0 unspecified atom stereocenters. The number of sulfonamides is 1. The van der Waals surface area contributed by atoms with Crippen molar-refractivity contribution in [2.75, 3.05) is 32.4 Å². The fourth-order valence-electron chi connectivity index (χ4n) is 2.48. The van der Waals surface area contributed by atoms with Gasteiger partial charge in [-0.3, -0.25) is 4.79 Å². The van der Waals surface area contributed by atoms with Crippen LogP contribution in [0, 0.1) is 0 Å². The van der Waals surface area contributed by atoms with Crippen LogP contribution >= 0.6 is 22.9 Å². The van der Waals surface area contributed by atoms with Crippen LogP contribution in [-0.4, -0.2) is 60.9 Å². The van der Waals surface area contributed by atoms with E-state index in [0.717, 1.165) is 10.6 Å². The van der Waals surface area contributed by atoms with E-state index in [1.807, 2.05) is 12.1 Å². The molecule has 1 fully saturated rings. The number of aromatic nitrogens is 1. The molecular weight excluding hydrogens is 370 g/mol. The lowest BCUT2D eigenvalue weighted by molar-refractivity contribution is 0.0693. The van der Waals surface area contributed by atoms with Crippen LogP contribution in [0.1, 0.15) is 10.5 Å². The Morgan fingerprint density at radius 1 is 1.17 bits per heavy atom. The summed E-state index contributed by atoms with van der Waals surface area (Å²) >= 11 is 7.27. The molecule has 1 amide bonds. The first-order valence-electron chi connectivity index (χ1n) is 7.30. The monoisotopic (exact) mass is 385 g/mol. The molecule has 2 heterocycles. The predicted octanol–water partition coefficient (Wildman–Crippen LogP) is 2.18. The molecule has 1 saturated heterocycles. The van der Waals surface area contributed by atoms with Crippen molar-refractivity contribution in [2.24, 2.45) is 0 Å². The van der Waals surface area contributed by atoms with Gasteiger partial charge in [0, 0.05) is 42.1 Å². The number of carbonyl (C=O) groups is 1. The van der Waals surface area contributed by atoms with Gasteiger partial charge in [-0.15, -0.1) is 11.3 Å². The summed E-state index contributed by atoms with van der Waals surface area (Å²) in [6.07, 6.45) is 1.18. The van der Waals surface area contributed by atoms with Crippen molar-refractivity contribution < 1.29 is 13.2 Å². The summed E-state index contributed by atoms with van der Waals surface area (Å²) in [5.41, 5.74) is 1.29. The number of hydrogen-bond acceptors (Lipinski definition) is 5. The first-order chi connectivity index (χ1) is 11.3. The van der Waals surface area contributed by atoms with Crippen molar-refractivity contribution in [3.05, 3.63) is 40.4 Å². The van der Waals surface area contributed by atoms with Crippen LogP contribution in [0.2, 0.25) is 5.02 Å². The maximum atomic E-state index is 12.5. The number of hydrogen-bond donors (Lipinski definition) is 0. The molecule has 3 rings (SSSR count). The lowest BCUT2D eigenvalue weighted by Gasteiger charge is -2.32. The van der Waals surface area contributed by atoms with Crippen LogP contribution in [0.5, 0.6) is 0 Å². The van der Waals surface area contributed by atoms with Crippen molar-refractivity contribution in [1.29, 1.82) is 0 Å². The van der Waals surface area contributed by atoms with Crippen LogP contribution in [-0.2, 0) is 10.0 Å². The molecule has 1 aromatic heterocycles. The van der Waals surface area contributed by atoms with Gasteiger partial charge in [0.1, 0.15) is 10.7 Å². The maximum Gasteiger partial charge on any atom is 0.273 e. The van der Waals surface area contributed by atoms with Gasteiger partial charge >= 0.3 is 0 Å². The number of amides is 1. The van der Waals surface area contributed by atoms with E-state index in [9.17, 15) is 13.2 Å². The van der Waals surface area contributed by atoms with Gasteiger partial charge in [0.05, 0.1) is 6.26 Å². The van der Waals surface area contributed by atoms with E-state index in [-0.39, 0.29) is 5.91 Å². The molecule has 0 aliphatic carbocycles. The van der Waals surface area contributed by atoms with Gasteiger partial charge in [-0.05, 0) is 12.1 Å². The van der Waals surface area contributed by atoms with E-state index in [0.29, 0.717) is 36.9 Å². The van der Waals surface area contributed by atoms with Crippen molar-refractivity contribution in [3.8, 4) is 10.6 Å². The smallest absolute Gasteiger partial charge is 0.273 e. The van der Waals surface area contributed by atoms with E-state index in [4.69, 9.17) is 11.6 Å². The second-order valence-corrected chi connectivity index (χ2v) is 8.78. The van der Waals surface area contributed by atoms with Crippen LogP contribution in [0.3, 0.4) is 0 Å². The maximum absolute atomic E-state index is 12.5. The van der Waals surface area contributed by atoms with Gasteiger partial charge in [-0.25, -0.2) is 13.4 Å². The van der Waals surface area contributed by atoms with Gasteiger partial charge in [-0.1, -0.05) is 23.7 Å². The largest absolute Gasteiger partial charge is 0.335 e. The molecule has 6 nitrogen and oxygen atoms in total. The lowest BCUT2D eigenvalue weighted by atomic mass is 10.2. The molecule has 0 bridgehead atoms. The third-order valence-electron chi connectivity index (χ3n) is 3.81. The standard InChI is InChI=1S/C15H16ClN3O3S2/c1-24(21,22)19-8-6-18(7-9-19)15(20)13-10-23-14(17-13)11-2-4-12(16)5-3-11/h2-5,10H,6-9H2,1H3. The summed E-state index contributed by atoms with van der Waals surface area (Å²) in [4.78, 5) is 18.6. The highest BCUT2D eigenvalue weighted by molar-refractivity contribution is 7.88. The number of benzene rings is 1. The Bertz CT molecular complexity index is 841. The Kier molecular flexibility index (Phi) is 4.91. The highest BCUT2D eigenvalue weighted by Crippen LogP contribution is 2.25. The van der Waals surface area contributed by atoms with E-state index in [1.54, 1.807) is 22.4 Å². The zero-order valence-corrected chi connectivity index (χ0v) is 15.4. The highest BCUT2D eigenvalue weighted by Gasteiger charge is 2.27. The van der Waals surface area contributed by atoms with Crippen molar-refractivity contribution in [1.82, 2.24) is 14.2 Å². The van der Waals surface area contributed by atoms with E-state index in [2.05, 4.69) is 4.98 Å². The van der Waals surface area contributed by atoms with Crippen molar-refractivity contribution in [3.63, 3.8) is 0 Å².